The number of carbonyl (C=O) groups is 1. The van der Waals surface area contributed by atoms with E-state index in [4.69, 9.17) is 0 Å². The third kappa shape index (κ3) is 2.61. The number of rotatable bonds is 3. The zero-order valence-electron chi connectivity index (χ0n) is 8.54. The van der Waals surface area contributed by atoms with Gasteiger partial charge in [0.15, 0.2) is 0 Å². The number of thioether (sulfide) groups is 1. The number of likely N-dealkylation sites (N-methyl/N-ethyl adjacent to an activating group) is 1. The third-order valence-corrected chi connectivity index (χ3v) is 3.54. The molecule has 1 saturated heterocycles. The molecule has 1 amide bonds. The minimum Gasteiger partial charge on any atom is -0.340 e. The van der Waals surface area contributed by atoms with Crippen LogP contribution in [0.5, 0.6) is 0 Å². The van der Waals surface area contributed by atoms with Crippen molar-refractivity contribution in [1.82, 2.24) is 10.2 Å². The molecule has 3 nitrogen and oxygen atoms in total. The molecule has 2 atom stereocenters. The van der Waals surface area contributed by atoms with Crippen LogP contribution in [0.25, 0.3) is 0 Å². The zero-order chi connectivity index (χ0) is 9.84. The monoisotopic (exact) mass is 202 g/mol. The van der Waals surface area contributed by atoms with Crippen molar-refractivity contribution in [3.63, 3.8) is 0 Å². The molecule has 1 aliphatic heterocycles. The van der Waals surface area contributed by atoms with E-state index in [1.807, 2.05) is 25.1 Å². The average molecular weight is 202 g/mol. The normalized spacial score (nSPS) is 24.4. The highest BCUT2D eigenvalue weighted by Crippen LogP contribution is 2.13. The molecule has 76 valence electrons. The standard InChI is InChI=1S/C9H18N2OS/c1-7(13-3)9(12)11(2)8-4-5-10-6-8/h7-8,10H,4-6H2,1-3H3/t7-,8-/m1/s1. The number of nitrogens with zero attached hydrogens (tertiary/aromatic N) is 1. The SMILES string of the molecule is CS[C@H](C)C(=O)N(C)[C@@H]1CCNC1. The number of carbonyl (C=O) groups excluding carboxylic acids is 1. The second kappa shape index (κ2) is 4.86. The lowest BCUT2D eigenvalue weighted by Gasteiger charge is -2.26. The number of hydrogen-bond donors (Lipinski definition) is 1. The number of amides is 1. The van der Waals surface area contributed by atoms with Crippen LogP contribution in [0.1, 0.15) is 13.3 Å². The molecule has 1 N–H and O–H groups in total. The van der Waals surface area contributed by atoms with E-state index < -0.39 is 0 Å². The van der Waals surface area contributed by atoms with Crippen molar-refractivity contribution < 1.29 is 4.79 Å². The van der Waals surface area contributed by atoms with Gasteiger partial charge in [0.1, 0.15) is 0 Å². The van der Waals surface area contributed by atoms with E-state index in [2.05, 4.69) is 5.32 Å². The van der Waals surface area contributed by atoms with Gasteiger partial charge in [-0.25, -0.2) is 0 Å². The Kier molecular flexibility index (Phi) is 4.06. The predicted molar refractivity (Wildman–Crippen MR) is 57.0 cm³/mol. The van der Waals surface area contributed by atoms with Crippen LogP contribution in [0.4, 0.5) is 0 Å². The summed E-state index contributed by atoms with van der Waals surface area (Å²) in [4.78, 5) is 13.6. The average Bonchev–Trinajstić information content (AvgIpc) is 2.67. The molecule has 0 aromatic carbocycles. The summed E-state index contributed by atoms with van der Waals surface area (Å²) in [5.74, 6) is 0.251. The molecule has 13 heavy (non-hydrogen) atoms. The van der Waals surface area contributed by atoms with Crippen LogP contribution in [0, 0.1) is 0 Å². The molecule has 0 saturated carbocycles. The third-order valence-electron chi connectivity index (χ3n) is 2.63. The summed E-state index contributed by atoms with van der Waals surface area (Å²) in [6, 6.07) is 0.405. The Hall–Kier alpha value is -0.220. The van der Waals surface area contributed by atoms with Crippen LogP contribution < -0.4 is 5.32 Å². The van der Waals surface area contributed by atoms with Crippen LogP contribution in [-0.4, -0.2) is 48.5 Å². The maximum Gasteiger partial charge on any atom is 0.235 e. The van der Waals surface area contributed by atoms with Crippen molar-refractivity contribution in [1.29, 1.82) is 0 Å². The highest BCUT2D eigenvalue weighted by atomic mass is 32.2. The molecular formula is C9H18N2OS. The maximum absolute atomic E-state index is 11.7. The van der Waals surface area contributed by atoms with E-state index in [1.54, 1.807) is 11.8 Å². The van der Waals surface area contributed by atoms with Gasteiger partial charge >= 0.3 is 0 Å². The molecule has 0 radical (unpaired) electrons. The molecule has 0 aromatic rings. The van der Waals surface area contributed by atoms with Gasteiger partial charge in [0.25, 0.3) is 0 Å². The van der Waals surface area contributed by atoms with E-state index in [0.717, 1.165) is 19.5 Å². The van der Waals surface area contributed by atoms with Gasteiger partial charge in [-0.2, -0.15) is 11.8 Å². The van der Waals surface area contributed by atoms with Crippen molar-refractivity contribution in [2.75, 3.05) is 26.4 Å². The van der Waals surface area contributed by atoms with Gasteiger partial charge in [-0.1, -0.05) is 0 Å². The van der Waals surface area contributed by atoms with E-state index in [0.29, 0.717) is 6.04 Å². The fourth-order valence-corrected chi connectivity index (χ4v) is 1.91. The summed E-state index contributed by atoms with van der Waals surface area (Å²) in [6.07, 6.45) is 3.06. The molecule has 0 aromatic heterocycles. The minimum absolute atomic E-state index is 0.0885. The van der Waals surface area contributed by atoms with Crippen molar-refractivity contribution >= 4 is 17.7 Å². The predicted octanol–water partition coefficient (Wildman–Crippen LogP) is 0.558. The number of nitrogens with one attached hydrogen (secondary N) is 1. The molecular weight excluding hydrogens is 184 g/mol. The van der Waals surface area contributed by atoms with Gasteiger partial charge in [0.05, 0.1) is 5.25 Å². The molecule has 0 unspecified atom stereocenters. The second-order valence-electron chi connectivity index (χ2n) is 3.47. The van der Waals surface area contributed by atoms with Crippen LogP contribution >= 0.6 is 11.8 Å². The molecule has 0 spiro atoms. The van der Waals surface area contributed by atoms with Crippen molar-refractivity contribution in [2.45, 2.75) is 24.6 Å². The Balaban J connectivity index is 2.45. The summed E-state index contributed by atoms with van der Waals surface area (Å²) in [5, 5.41) is 3.35. The van der Waals surface area contributed by atoms with Crippen molar-refractivity contribution in [2.24, 2.45) is 0 Å². The van der Waals surface area contributed by atoms with Crippen LogP contribution in [0.2, 0.25) is 0 Å². The summed E-state index contributed by atoms with van der Waals surface area (Å²) >= 11 is 1.61. The van der Waals surface area contributed by atoms with Gasteiger partial charge in [0, 0.05) is 19.6 Å². The Morgan fingerprint density at radius 2 is 2.38 bits per heavy atom. The minimum atomic E-state index is 0.0885. The first kappa shape index (κ1) is 10.9. The van der Waals surface area contributed by atoms with Gasteiger partial charge in [-0.15, -0.1) is 0 Å². The largest absolute Gasteiger partial charge is 0.340 e. The van der Waals surface area contributed by atoms with Gasteiger partial charge < -0.3 is 10.2 Å². The molecule has 0 aliphatic carbocycles. The fraction of sp³-hybridized carbons (Fsp3) is 0.889. The lowest BCUT2D eigenvalue weighted by molar-refractivity contribution is -0.130. The van der Waals surface area contributed by atoms with E-state index in [-0.39, 0.29) is 11.2 Å². The highest BCUT2D eigenvalue weighted by Gasteiger charge is 2.25. The summed E-state index contributed by atoms with van der Waals surface area (Å²) in [6.45, 7) is 3.95. The van der Waals surface area contributed by atoms with Crippen molar-refractivity contribution in [3.05, 3.63) is 0 Å². The fourth-order valence-electron chi connectivity index (χ4n) is 1.54. The molecule has 1 aliphatic rings. The Bertz CT molecular complexity index is 180. The quantitative estimate of drug-likeness (QED) is 0.726. The first-order valence-corrected chi connectivity index (χ1v) is 5.95. The molecule has 1 heterocycles. The lowest BCUT2D eigenvalue weighted by Crippen LogP contribution is -2.42. The Morgan fingerprint density at radius 1 is 1.69 bits per heavy atom. The van der Waals surface area contributed by atoms with E-state index in [1.165, 1.54) is 0 Å². The highest BCUT2D eigenvalue weighted by molar-refractivity contribution is 7.99. The second-order valence-corrected chi connectivity index (χ2v) is 4.65. The number of hydrogen-bond acceptors (Lipinski definition) is 3. The van der Waals surface area contributed by atoms with Crippen LogP contribution in [0.3, 0.4) is 0 Å². The maximum atomic E-state index is 11.7. The summed E-state index contributed by atoms with van der Waals surface area (Å²) < 4.78 is 0. The molecule has 4 heteroatoms. The van der Waals surface area contributed by atoms with Gasteiger partial charge in [-0.3, -0.25) is 4.79 Å². The zero-order valence-corrected chi connectivity index (χ0v) is 9.36. The first-order chi connectivity index (χ1) is 6.16. The smallest absolute Gasteiger partial charge is 0.235 e. The van der Waals surface area contributed by atoms with Gasteiger partial charge in [0.2, 0.25) is 5.91 Å². The Labute approximate surface area is 84.2 Å². The summed E-state index contributed by atoms with van der Waals surface area (Å²) in [5.41, 5.74) is 0. The van der Waals surface area contributed by atoms with E-state index in [9.17, 15) is 4.79 Å². The summed E-state index contributed by atoms with van der Waals surface area (Å²) in [7, 11) is 1.91. The van der Waals surface area contributed by atoms with Crippen LogP contribution in [0.15, 0.2) is 0 Å². The topological polar surface area (TPSA) is 32.3 Å². The first-order valence-electron chi connectivity index (χ1n) is 4.67. The molecule has 0 bridgehead atoms. The van der Waals surface area contributed by atoms with Crippen LogP contribution in [-0.2, 0) is 4.79 Å². The molecule has 1 fully saturated rings. The van der Waals surface area contributed by atoms with E-state index >= 15 is 0 Å². The van der Waals surface area contributed by atoms with Crippen molar-refractivity contribution in [3.8, 4) is 0 Å². The van der Waals surface area contributed by atoms with Gasteiger partial charge in [-0.05, 0) is 26.1 Å². The lowest BCUT2D eigenvalue weighted by atomic mass is 10.2. The molecule has 1 rings (SSSR count). The Morgan fingerprint density at radius 3 is 2.85 bits per heavy atom.